The standard InChI is InChI=1S/C11H16OS/c1-8-5-9(12)7-10(6-8)13-11(2,3)4/h5-7,12H,1-4H3. The maximum absolute atomic E-state index is 9.38. The molecule has 0 fully saturated rings. The lowest BCUT2D eigenvalue weighted by Gasteiger charge is -2.17. The Kier molecular flexibility index (Phi) is 2.91. The molecule has 0 atom stereocenters. The fraction of sp³-hybridized carbons (Fsp3) is 0.455. The number of hydrogen-bond donors (Lipinski definition) is 1. The maximum Gasteiger partial charge on any atom is 0.116 e. The van der Waals surface area contributed by atoms with Crippen LogP contribution in [0.15, 0.2) is 23.1 Å². The van der Waals surface area contributed by atoms with Crippen LogP contribution in [0.1, 0.15) is 26.3 Å². The van der Waals surface area contributed by atoms with Gasteiger partial charge in [-0.15, -0.1) is 11.8 Å². The monoisotopic (exact) mass is 196 g/mol. The van der Waals surface area contributed by atoms with Crippen LogP contribution in [0.5, 0.6) is 5.75 Å². The van der Waals surface area contributed by atoms with E-state index < -0.39 is 0 Å². The number of phenolic OH excluding ortho intramolecular Hbond substituents is 1. The van der Waals surface area contributed by atoms with E-state index in [4.69, 9.17) is 0 Å². The first-order valence-electron chi connectivity index (χ1n) is 4.36. The summed E-state index contributed by atoms with van der Waals surface area (Å²) in [6.45, 7) is 8.48. The molecule has 1 aromatic carbocycles. The third kappa shape index (κ3) is 3.73. The van der Waals surface area contributed by atoms with E-state index in [-0.39, 0.29) is 4.75 Å². The number of hydrogen-bond acceptors (Lipinski definition) is 2. The zero-order valence-electron chi connectivity index (χ0n) is 8.59. The average molecular weight is 196 g/mol. The molecular formula is C11H16OS. The summed E-state index contributed by atoms with van der Waals surface area (Å²) in [5, 5.41) is 9.38. The highest BCUT2D eigenvalue weighted by Crippen LogP contribution is 2.33. The quantitative estimate of drug-likeness (QED) is 0.693. The summed E-state index contributed by atoms with van der Waals surface area (Å²) in [6, 6.07) is 5.67. The topological polar surface area (TPSA) is 20.2 Å². The highest BCUT2D eigenvalue weighted by Gasteiger charge is 2.12. The summed E-state index contributed by atoms with van der Waals surface area (Å²) < 4.78 is 0.195. The van der Waals surface area contributed by atoms with Crippen LogP contribution in [0.25, 0.3) is 0 Å². The SMILES string of the molecule is Cc1cc(O)cc(SC(C)(C)C)c1. The molecule has 72 valence electrons. The molecule has 13 heavy (non-hydrogen) atoms. The molecule has 1 N–H and O–H groups in total. The van der Waals surface area contributed by atoms with E-state index in [9.17, 15) is 5.11 Å². The predicted octanol–water partition coefficient (Wildman–Crippen LogP) is 3.59. The van der Waals surface area contributed by atoms with Gasteiger partial charge < -0.3 is 5.11 Å². The van der Waals surface area contributed by atoms with Crippen LogP contribution >= 0.6 is 11.8 Å². The zero-order valence-corrected chi connectivity index (χ0v) is 9.40. The van der Waals surface area contributed by atoms with Gasteiger partial charge >= 0.3 is 0 Å². The second-order valence-electron chi connectivity index (χ2n) is 4.22. The van der Waals surface area contributed by atoms with Gasteiger partial charge in [0.05, 0.1) is 0 Å². The smallest absolute Gasteiger partial charge is 0.116 e. The first-order chi connectivity index (χ1) is 5.87. The molecule has 0 aromatic heterocycles. The molecule has 0 saturated heterocycles. The number of benzene rings is 1. The van der Waals surface area contributed by atoms with E-state index in [0.29, 0.717) is 5.75 Å². The number of thioether (sulfide) groups is 1. The van der Waals surface area contributed by atoms with Gasteiger partial charge in [0.25, 0.3) is 0 Å². The van der Waals surface area contributed by atoms with Gasteiger partial charge in [0.15, 0.2) is 0 Å². The molecule has 1 rings (SSSR count). The molecule has 2 heteroatoms. The van der Waals surface area contributed by atoms with Gasteiger partial charge in [0.2, 0.25) is 0 Å². The third-order valence-corrected chi connectivity index (χ3v) is 2.54. The second-order valence-corrected chi connectivity index (χ2v) is 6.12. The summed E-state index contributed by atoms with van der Waals surface area (Å²) in [5.74, 6) is 0.353. The fourth-order valence-corrected chi connectivity index (χ4v) is 2.27. The molecule has 1 aromatic rings. The van der Waals surface area contributed by atoms with Crippen molar-refractivity contribution in [2.75, 3.05) is 0 Å². The zero-order chi connectivity index (χ0) is 10.1. The van der Waals surface area contributed by atoms with Crippen LogP contribution in [0.3, 0.4) is 0 Å². The van der Waals surface area contributed by atoms with Crippen LogP contribution in [0, 0.1) is 6.92 Å². The average Bonchev–Trinajstić information content (AvgIpc) is 1.78. The number of phenols is 1. The Morgan fingerprint density at radius 3 is 2.23 bits per heavy atom. The van der Waals surface area contributed by atoms with Gasteiger partial charge in [-0.2, -0.15) is 0 Å². The summed E-state index contributed by atoms with van der Waals surface area (Å²) in [6.07, 6.45) is 0. The van der Waals surface area contributed by atoms with Crippen molar-refractivity contribution in [1.82, 2.24) is 0 Å². The summed E-state index contributed by atoms with van der Waals surface area (Å²) in [4.78, 5) is 1.13. The van der Waals surface area contributed by atoms with Crippen molar-refractivity contribution in [3.8, 4) is 5.75 Å². The van der Waals surface area contributed by atoms with Crippen molar-refractivity contribution in [2.24, 2.45) is 0 Å². The van der Waals surface area contributed by atoms with E-state index in [1.165, 1.54) is 0 Å². The van der Waals surface area contributed by atoms with Crippen LogP contribution in [0.2, 0.25) is 0 Å². The summed E-state index contributed by atoms with van der Waals surface area (Å²) in [7, 11) is 0. The fourth-order valence-electron chi connectivity index (χ4n) is 1.14. The van der Waals surface area contributed by atoms with E-state index in [0.717, 1.165) is 10.5 Å². The second kappa shape index (κ2) is 3.62. The van der Waals surface area contributed by atoms with Crippen molar-refractivity contribution in [2.45, 2.75) is 37.3 Å². The van der Waals surface area contributed by atoms with Crippen molar-refractivity contribution in [1.29, 1.82) is 0 Å². The molecule has 0 bridgehead atoms. The van der Waals surface area contributed by atoms with Gasteiger partial charge in [0.1, 0.15) is 5.75 Å². The Hall–Kier alpha value is -0.630. The molecule has 1 nitrogen and oxygen atoms in total. The van der Waals surface area contributed by atoms with Gasteiger partial charge in [-0.3, -0.25) is 0 Å². The third-order valence-electron chi connectivity index (χ3n) is 1.46. The molecule has 0 aliphatic rings. The van der Waals surface area contributed by atoms with E-state index in [2.05, 4.69) is 26.8 Å². The van der Waals surface area contributed by atoms with E-state index >= 15 is 0 Å². The van der Waals surface area contributed by atoms with E-state index in [1.54, 1.807) is 17.8 Å². The minimum atomic E-state index is 0.195. The molecule has 0 unspecified atom stereocenters. The molecule has 0 heterocycles. The molecule has 0 aliphatic carbocycles. The Balaban J connectivity index is 2.90. The lowest BCUT2D eigenvalue weighted by atomic mass is 10.2. The molecule has 0 radical (unpaired) electrons. The molecule has 0 aliphatic heterocycles. The molecule has 0 spiro atoms. The van der Waals surface area contributed by atoms with Gasteiger partial charge in [-0.05, 0) is 30.7 Å². The Morgan fingerprint density at radius 2 is 1.77 bits per heavy atom. The predicted molar refractivity (Wildman–Crippen MR) is 58.5 cm³/mol. The normalized spacial score (nSPS) is 11.7. The van der Waals surface area contributed by atoms with E-state index in [1.807, 2.05) is 13.0 Å². The van der Waals surface area contributed by atoms with Crippen molar-refractivity contribution < 1.29 is 5.11 Å². The maximum atomic E-state index is 9.38. The van der Waals surface area contributed by atoms with Crippen LogP contribution in [-0.4, -0.2) is 9.85 Å². The molecule has 0 saturated carbocycles. The number of rotatable bonds is 1. The number of aromatic hydroxyl groups is 1. The molecular weight excluding hydrogens is 180 g/mol. The van der Waals surface area contributed by atoms with Crippen LogP contribution < -0.4 is 0 Å². The summed E-state index contributed by atoms with van der Waals surface area (Å²) >= 11 is 1.77. The summed E-state index contributed by atoms with van der Waals surface area (Å²) in [5.41, 5.74) is 1.10. The Labute approximate surface area is 84.2 Å². The lowest BCUT2D eigenvalue weighted by Crippen LogP contribution is -2.06. The Bertz CT molecular complexity index is 279. The molecule has 0 amide bonds. The van der Waals surface area contributed by atoms with Crippen molar-refractivity contribution in [3.63, 3.8) is 0 Å². The minimum Gasteiger partial charge on any atom is -0.508 e. The van der Waals surface area contributed by atoms with Gasteiger partial charge in [-0.25, -0.2) is 0 Å². The van der Waals surface area contributed by atoms with Crippen LogP contribution in [-0.2, 0) is 0 Å². The first kappa shape index (κ1) is 10.5. The highest BCUT2D eigenvalue weighted by atomic mass is 32.2. The van der Waals surface area contributed by atoms with Crippen molar-refractivity contribution >= 4 is 11.8 Å². The van der Waals surface area contributed by atoms with Crippen molar-refractivity contribution in [3.05, 3.63) is 23.8 Å². The lowest BCUT2D eigenvalue weighted by molar-refractivity contribution is 0.473. The minimum absolute atomic E-state index is 0.195. The largest absolute Gasteiger partial charge is 0.508 e. The highest BCUT2D eigenvalue weighted by molar-refractivity contribution is 8.00. The van der Waals surface area contributed by atoms with Gasteiger partial charge in [0, 0.05) is 9.64 Å². The Morgan fingerprint density at radius 1 is 1.15 bits per heavy atom. The van der Waals surface area contributed by atoms with Gasteiger partial charge in [-0.1, -0.05) is 20.8 Å². The van der Waals surface area contributed by atoms with Crippen LogP contribution in [0.4, 0.5) is 0 Å². The first-order valence-corrected chi connectivity index (χ1v) is 5.18. The number of aryl methyl sites for hydroxylation is 1.